The maximum Gasteiger partial charge on any atom is 0.305 e. The van der Waals surface area contributed by atoms with E-state index in [0.717, 1.165) is 24.1 Å². The van der Waals surface area contributed by atoms with Crippen molar-refractivity contribution in [2.45, 2.75) is 39.2 Å². The summed E-state index contributed by atoms with van der Waals surface area (Å²) in [5, 5.41) is 9.36. The van der Waals surface area contributed by atoms with Gasteiger partial charge in [0.25, 0.3) is 11.8 Å². The van der Waals surface area contributed by atoms with Crippen LogP contribution in [0.4, 0.5) is 0 Å². The second-order valence-corrected chi connectivity index (χ2v) is 10.2. The van der Waals surface area contributed by atoms with Gasteiger partial charge in [-0.15, -0.1) is 0 Å². The van der Waals surface area contributed by atoms with Crippen LogP contribution >= 0.6 is 0 Å². The highest BCUT2D eigenvalue weighted by atomic mass is 16.4. The standard InChI is InChI=1S/C35H37N3O4/c1-2-3-23-38(26-27-13-5-4-6-14-27)35(42)32-19-10-8-17-30(32)29-16-7-9-18-31(29)34(41)37(25-21-33(39)40)24-20-28-15-11-12-22-36-28/h4-19,22H,2-3,20-21,23-26H2,1H3,(H,39,40). The van der Waals surface area contributed by atoms with Crippen LogP contribution in [-0.4, -0.2) is 57.3 Å². The van der Waals surface area contributed by atoms with E-state index in [1.807, 2.05) is 89.8 Å². The maximum absolute atomic E-state index is 14.1. The zero-order valence-corrected chi connectivity index (χ0v) is 24.0. The number of carboxylic acids is 1. The zero-order valence-electron chi connectivity index (χ0n) is 24.0. The molecule has 7 heteroatoms. The smallest absolute Gasteiger partial charge is 0.305 e. The fourth-order valence-electron chi connectivity index (χ4n) is 4.90. The normalized spacial score (nSPS) is 10.7. The lowest BCUT2D eigenvalue weighted by Crippen LogP contribution is -2.35. The maximum atomic E-state index is 14.1. The third-order valence-corrected chi connectivity index (χ3v) is 7.14. The molecule has 0 aliphatic carbocycles. The average molecular weight is 564 g/mol. The highest BCUT2D eigenvalue weighted by molar-refractivity contribution is 6.06. The molecule has 0 fully saturated rings. The Kier molecular flexibility index (Phi) is 11.0. The molecule has 0 saturated heterocycles. The first-order valence-electron chi connectivity index (χ1n) is 14.4. The number of carboxylic acid groups (broad SMARTS) is 1. The van der Waals surface area contributed by atoms with Gasteiger partial charge < -0.3 is 14.9 Å². The summed E-state index contributed by atoms with van der Waals surface area (Å²) in [6, 6.07) is 30.1. The van der Waals surface area contributed by atoms with Gasteiger partial charge in [-0.3, -0.25) is 19.4 Å². The van der Waals surface area contributed by atoms with E-state index in [0.29, 0.717) is 48.3 Å². The Labute approximate surface area is 247 Å². The van der Waals surface area contributed by atoms with Gasteiger partial charge in [-0.1, -0.05) is 86.1 Å². The van der Waals surface area contributed by atoms with Crippen LogP contribution in [0.1, 0.15) is 58.2 Å². The lowest BCUT2D eigenvalue weighted by Gasteiger charge is -2.26. The number of amides is 2. The van der Waals surface area contributed by atoms with Crippen LogP contribution in [0, 0.1) is 0 Å². The van der Waals surface area contributed by atoms with Gasteiger partial charge in [0, 0.05) is 55.6 Å². The van der Waals surface area contributed by atoms with Crippen LogP contribution < -0.4 is 0 Å². The minimum Gasteiger partial charge on any atom is -0.481 e. The number of hydrogen-bond acceptors (Lipinski definition) is 4. The molecule has 1 aromatic heterocycles. The summed E-state index contributed by atoms with van der Waals surface area (Å²) in [6.45, 7) is 3.60. The number of carbonyl (C=O) groups is 3. The minimum absolute atomic E-state index is 0.0672. The molecule has 0 bridgehead atoms. The molecule has 4 rings (SSSR count). The molecule has 1 N–H and O–H groups in total. The van der Waals surface area contributed by atoms with Gasteiger partial charge in [-0.05, 0) is 47.4 Å². The third kappa shape index (κ3) is 8.13. The summed E-state index contributed by atoms with van der Waals surface area (Å²) in [5.74, 6) is -1.35. The number of unbranched alkanes of at least 4 members (excludes halogenated alkanes) is 1. The van der Waals surface area contributed by atoms with Gasteiger partial charge in [0.2, 0.25) is 0 Å². The molecule has 0 atom stereocenters. The van der Waals surface area contributed by atoms with Gasteiger partial charge in [0.1, 0.15) is 0 Å². The van der Waals surface area contributed by atoms with Gasteiger partial charge in [0.05, 0.1) is 6.42 Å². The second kappa shape index (κ2) is 15.3. The number of hydrogen-bond donors (Lipinski definition) is 1. The molecule has 216 valence electrons. The summed E-state index contributed by atoms with van der Waals surface area (Å²) in [5.41, 5.74) is 4.13. The number of benzene rings is 3. The largest absolute Gasteiger partial charge is 0.481 e. The zero-order chi connectivity index (χ0) is 29.7. The third-order valence-electron chi connectivity index (χ3n) is 7.14. The predicted molar refractivity (Wildman–Crippen MR) is 164 cm³/mol. The van der Waals surface area contributed by atoms with E-state index in [1.165, 1.54) is 0 Å². The van der Waals surface area contributed by atoms with E-state index < -0.39 is 5.97 Å². The molecule has 4 aromatic rings. The number of aliphatic carboxylic acids is 1. The van der Waals surface area contributed by atoms with E-state index >= 15 is 0 Å². The Balaban J connectivity index is 1.67. The molecule has 42 heavy (non-hydrogen) atoms. The van der Waals surface area contributed by atoms with Crippen LogP contribution in [0.3, 0.4) is 0 Å². The number of pyridine rings is 1. The topological polar surface area (TPSA) is 90.8 Å². The highest BCUT2D eigenvalue weighted by Gasteiger charge is 2.24. The lowest BCUT2D eigenvalue weighted by atomic mass is 9.93. The van der Waals surface area contributed by atoms with Crippen molar-refractivity contribution in [2.75, 3.05) is 19.6 Å². The lowest BCUT2D eigenvalue weighted by molar-refractivity contribution is -0.137. The number of nitrogens with zero attached hydrogens (tertiary/aromatic N) is 3. The summed E-state index contributed by atoms with van der Waals surface area (Å²) in [4.78, 5) is 47.2. The molecular weight excluding hydrogens is 526 g/mol. The van der Waals surface area contributed by atoms with Crippen LogP contribution in [0.15, 0.2) is 103 Å². The predicted octanol–water partition coefficient (Wildman–Crippen LogP) is 6.35. The van der Waals surface area contributed by atoms with E-state index in [4.69, 9.17) is 0 Å². The van der Waals surface area contributed by atoms with Crippen LogP contribution in [0.25, 0.3) is 11.1 Å². The summed E-state index contributed by atoms with van der Waals surface area (Å²) >= 11 is 0. The molecule has 0 unspecified atom stereocenters. The van der Waals surface area contributed by atoms with E-state index in [-0.39, 0.29) is 24.8 Å². The Bertz CT molecular complexity index is 1470. The van der Waals surface area contributed by atoms with Crippen LogP contribution in [0.2, 0.25) is 0 Å². The monoisotopic (exact) mass is 563 g/mol. The van der Waals surface area contributed by atoms with Crippen molar-refractivity contribution < 1.29 is 19.5 Å². The summed E-state index contributed by atoms with van der Waals surface area (Å²) in [7, 11) is 0. The Morgan fingerprint density at radius 2 is 1.29 bits per heavy atom. The Morgan fingerprint density at radius 3 is 1.88 bits per heavy atom. The highest BCUT2D eigenvalue weighted by Crippen LogP contribution is 2.30. The first kappa shape index (κ1) is 30.2. The van der Waals surface area contributed by atoms with Crippen molar-refractivity contribution in [2.24, 2.45) is 0 Å². The molecule has 3 aromatic carbocycles. The molecule has 0 saturated carbocycles. The molecular formula is C35H37N3O4. The molecule has 0 aliphatic rings. The molecule has 0 aliphatic heterocycles. The fourth-order valence-corrected chi connectivity index (χ4v) is 4.90. The van der Waals surface area contributed by atoms with E-state index in [2.05, 4.69) is 11.9 Å². The quantitative estimate of drug-likeness (QED) is 0.193. The second-order valence-electron chi connectivity index (χ2n) is 10.2. The average Bonchev–Trinajstić information content (AvgIpc) is 3.03. The van der Waals surface area contributed by atoms with Crippen LogP contribution in [0.5, 0.6) is 0 Å². The number of rotatable bonds is 14. The fraction of sp³-hybridized carbons (Fsp3) is 0.257. The summed E-state index contributed by atoms with van der Waals surface area (Å²) in [6.07, 6.45) is 3.86. The minimum atomic E-state index is -0.972. The molecule has 0 radical (unpaired) electrons. The van der Waals surface area contributed by atoms with E-state index in [9.17, 15) is 19.5 Å². The number of aromatic nitrogens is 1. The van der Waals surface area contributed by atoms with Crippen molar-refractivity contribution in [1.82, 2.24) is 14.8 Å². The van der Waals surface area contributed by atoms with Crippen molar-refractivity contribution in [1.29, 1.82) is 0 Å². The van der Waals surface area contributed by atoms with Gasteiger partial charge in [0.15, 0.2) is 0 Å². The Morgan fingerprint density at radius 1 is 0.690 bits per heavy atom. The molecule has 7 nitrogen and oxygen atoms in total. The SMILES string of the molecule is CCCCN(Cc1ccccc1)C(=O)c1ccccc1-c1ccccc1C(=O)N(CCC(=O)O)CCc1ccccn1. The van der Waals surface area contributed by atoms with Crippen molar-refractivity contribution in [3.8, 4) is 11.1 Å². The van der Waals surface area contributed by atoms with Gasteiger partial charge >= 0.3 is 5.97 Å². The van der Waals surface area contributed by atoms with Crippen molar-refractivity contribution in [3.63, 3.8) is 0 Å². The van der Waals surface area contributed by atoms with Gasteiger partial charge in [-0.2, -0.15) is 0 Å². The molecule has 2 amide bonds. The summed E-state index contributed by atoms with van der Waals surface area (Å²) < 4.78 is 0. The van der Waals surface area contributed by atoms with Crippen molar-refractivity contribution >= 4 is 17.8 Å². The van der Waals surface area contributed by atoms with Gasteiger partial charge in [-0.25, -0.2) is 0 Å². The van der Waals surface area contributed by atoms with Crippen molar-refractivity contribution in [3.05, 3.63) is 126 Å². The first-order valence-corrected chi connectivity index (χ1v) is 14.4. The molecule has 1 heterocycles. The molecule has 0 spiro atoms. The van der Waals surface area contributed by atoms with Crippen LogP contribution in [-0.2, 0) is 17.8 Å². The first-order chi connectivity index (χ1) is 20.5. The van der Waals surface area contributed by atoms with E-state index in [1.54, 1.807) is 23.2 Å². The Hall–Kier alpha value is -4.78. The number of carbonyl (C=O) groups excluding carboxylic acids is 2.